The first-order valence-electron chi connectivity index (χ1n) is 9.36. The van der Waals surface area contributed by atoms with Crippen LogP contribution in [0.15, 0.2) is 70.3 Å². The standard InChI is InChI=1S/C22H21N3O3S2/c1-14-20(15(2)26)29-22(24(14)17-8-6-5-7-9-17)25(23-21(30-22)16(3)27)18-10-12-19(28-4)13-11-18/h5-13H,1-4H3. The lowest BCUT2D eigenvalue weighted by molar-refractivity contribution is -0.113. The van der Waals surface area contributed by atoms with E-state index in [1.165, 1.54) is 30.4 Å². The van der Waals surface area contributed by atoms with Gasteiger partial charge in [0.1, 0.15) is 5.75 Å². The van der Waals surface area contributed by atoms with Crippen LogP contribution in [0, 0.1) is 0 Å². The Morgan fingerprint density at radius 1 is 0.933 bits per heavy atom. The van der Waals surface area contributed by atoms with Gasteiger partial charge in [0.25, 0.3) is 0 Å². The van der Waals surface area contributed by atoms with Gasteiger partial charge < -0.3 is 9.64 Å². The second kappa shape index (κ2) is 7.85. The van der Waals surface area contributed by atoms with E-state index in [9.17, 15) is 9.59 Å². The minimum Gasteiger partial charge on any atom is -0.497 e. The normalized spacial score (nSPS) is 20.7. The number of benzene rings is 2. The lowest BCUT2D eigenvalue weighted by Gasteiger charge is -2.41. The van der Waals surface area contributed by atoms with Gasteiger partial charge in [-0.25, -0.2) is 5.01 Å². The van der Waals surface area contributed by atoms with E-state index in [0.29, 0.717) is 9.95 Å². The molecule has 0 N–H and O–H groups in total. The number of allylic oxidation sites excluding steroid dienone is 2. The molecule has 2 heterocycles. The maximum absolute atomic E-state index is 12.5. The number of ketones is 2. The van der Waals surface area contributed by atoms with Crippen LogP contribution in [0.1, 0.15) is 20.8 Å². The first kappa shape index (κ1) is 20.6. The molecule has 1 unspecified atom stereocenters. The summed E-state index contributed by atoms with van der Waals surface area (Å²) in [5.74, 6) is 0.605. The van der Waals surface area contributed by atoms with Crippen LogP contribution in [0.5, 0.6) is 5.75 Å². The molecule has 0 bridgehead atoms. The maximum atomic E-state index is 12.5. The Morgan fingerprint density at radius 3 is 2.17 bits per heavy atom. The van der Waals surface area contributed by atoms with E-state index < -0.39 is 4.33 Å². The molecule has 4 rings (SSSR count). The number of rotatable bonds is 5. The molecule has 8 heteroatoms. The molecule has 2 aliphatic rings. The molecule has 0 aliphatic carbocycles. The highest BCUT2D eigenvalue weighted by molar-refractivity contribution is 8.29. The number of anilines is 2. The minimum atomic E-state index is -0.859. The smallest absolute Gasteiger partial charge is 0.245 e. The van der Waals surface area contributed by atoms with Crippen molar-refractivity contribution in [3.05, 3.63) is 65.2 Å². The molecular formula is C22H21N3O3S2. The van der Waals surface area contributed by atoms with Crippen molar-refractivity contribution in [2.45, 2.75) is 25.1 Å². The molecule has 30 heavy (non-hydrogen) atoms. The Bertz CT molecular complexity index is 1070. The second-order valence-corrected chi connectivity index (χ2v) is 9.47. The number of carbonyl (C=O) groups excluding carboxylic acids is 2. The number of nitrogens with zero attached hydrogens (tertiary/aromatic N) is 3. The van der Waals surface area contributed by atoms with Gasteiger partial charge in [-0.05, 0) is 62.0 Å². The monoisotopic (exact) mass is 439 g/mol. The SMILES string of the molecule is COc1ccc(N2N=C(C(C)=O)SC23SC(C(C)=O)=C(C)N3c2ccccc2)cc1. The van der Waals surface area contributed by atoms with E-state index in [-0.39, 0.29) is 11.6 Å². The molecule has 2 aromatic rings. The van der Waals surface area contributed by atoms with Gasteiger partial charge in [-0.3, -0.25) is 9.59 Å². The van der Waals surface area contributed by atoms with Crippen LogP contribution in [-0.2, 0) is 9.59 Å². The quantitative estimate of drug-likeness (QED) is 0.661. The van der Waals surface area contributed by atoms with E-state index >= 15 is 0 Å². The van der Waals surface area contributed by atoms with Crippen molar-refractivity contribution < 1.29 is 14.3 Å². The Balaban J connectivity index is 1.89. The molecule has 2 aliphatic heterocycles. The summed E-state index contributed by atoms with van der Waals surface area (Å²) in [7, 11) is 1.62. The second-order valence-electron chi connectivity index (χ2n) is 6.87. The van der Waals surface area contributed by atoms with Crippen molar-refractivity contribution in [3.8, 4) is 5.75 Å². The molecule has 0 fully saturated rings. The molecule has 6 nitrogen and oxygen atoms in total. The van der Waals surface area contributed by atoms with Gasteiger partial charge in [0, 0.05) is 18.3 Å². The number of Topliss-reactive ketones (excluding diaryl/α,β-unsaturated/α-hetero) is 2. The molecule has 0 saturated carbocycles. The van der Waals surface area contributed by atoms with Crippen LogP contribution in [0.2, 0.25) is 0 Å². The van der Waals surface area contributed by atoms with Crippen molar-refractivity contribution >= 4 is 51.5 Å². The molecule has 1 spiro atoms. The van der Waals surface area contributed by atoms with Gasteiger partial charge in [0.05, 0.1) is 17.7 Å². The highest BCUT2D eigenvalue weighted by Crippen LogP contribution is 2.60. The maximum Gasteiger partial charge on any atom is 0.245 e. The molecule has 0 amide bonds. The number of ether oxygens (including phenoxy) is 1. The number of para-hydroxylation sites is 1. The topological polar surface area (TPSA) is 62.2 Å². The summed E-state index contributed by atoms with van der Waals surface area (Å²) < 4.78 is 4.42. The Hall–Kier alpha value is -2.71. The fraction of sp³-hybridized carbons (Fsp3) is 0.227. The van der Waals surface area contributed by atoms with Crippen LogP contribution in [0.4, 0.5) is 11.4 Å². The predicted octanol–water partition coefficient (Wildman–Crippen LogP) is 4.84. The van der Waals surface area contributed by atoms with Gasteiger partial charge >= 0.3 is 0 Å². The first-order valence-corrected chi connectivity index (χ1v) is 11.0. The Kier molecular flexibility index (Phi) is 5.38. The third-order valence-electron chi connectivity index (χ3n) is 4.82. The van der Waals surface area contributed by atoms with Crippen molar-refractivity contribution in [1.82, 2.24) is 0 Å². The predicted molar refractivity (Wildman–Crippen MR) is 124 cm³/mol. The summed E-state index contributed by atoms with van der Waals surface area (Å²) in [5, 5.41) is 6.90. The average molecular weight is 440 g/mol. The number of methoxy groups -OCH3 is 1. The van der Waals surface area contributed by atoms with E-state index in [4.69, 9.17) is 4.74 Å². The molecule has 154 valence electrons. The summed E-state index contributed by atoms with van der Waals surface area (Å²) in [6.45, 7) is 5.01. The molecule has 1 atom stereocenters. The van der Waals surface area contributed by atoms with E-state index in [1.807, 2.05) is 66.5 Å². The largest absolute Gasteiger partial charge is 0.497 e. The molecule has 0 radical (unpaired) electrons. The summed E-state index contributed by atoms with van der Waals surface area (Å²) >= 11 is 2.78. The van der Waals surface area contributed by atoms with Crippen molar-refractivity contribution in [1.29, 1.82) is 0 Å². The lowest BCUT2D eigenvalue weighted by atomic mass is 10.2. The van der Waals surface area contributed by atoms with Gasteiger partial charge in [0.15, 0.2) is 16.6 Å². The third-order valence-corrected chi connectivity index (χ3v) is 7.91. The lowest BCUT2D eigenvalue weighted by Crippen LogP contribution is -2.49. The van der Waals surface area contributed by atoms with Crippen LogP contribution < -0.4 is 14.6 Å². The van der Waals surface area contributed by atoms with Gasteiger partial charge in [-0.1, -0.05) is 30.0 Å². The number of thioether (sulfide) groups is 2. The van der Waals surface area contributed by atoms with Gasteiger partial charge in [-0.2, -0.15) is 5.10 Å². The van der Waals surface area contributed by atoms with Crippen molar-refractivity contribution in [2.75, 3.05) is 17.0 Å². The molecule has 0 aromatic heterocycles. The number of carbonyl (C=O) groups is 2. The van der Waals surface area contributed by atoms with Crippen molar-refractivity contribution in [3.63, 3.8) is 0 Å². The number of hydrogen-bond donors (Lipinski definition) is 0. The zero-order valence-corrected chi connectivity index (χ0v) is 18.7. The summed E-state index contributed by atoms with van der Waals surface area (Å²) in [6, 6.07) is 17.4. The van der Waals surface area contributed by atoms with Crippen LogP contribution in [-0.4, -0.2) is 28.0 Å². The molecule has 2 aromatic carbocycles. The van der Waals surface area contributed by atoms with Crippen LogP contribution in [0.3, 0.4) is 0 Å². The van der Waals surface area contributed by atoms with Crippen molar-refractivity contribution in [2.24, 2.45) is 5.10 Å². The zero-order valence-electron chi connectivity index (χ0n) is 17.1. The Labute approximate surface area is 184 Å². The summed E-state index contributed by atoms with van der Waals surface area (Å²) in [5.41, 5.74) is 2.56. The first-order chi connectivity index (χ1) is 14.4. The van der Waals surface area contributed by atoms with E-state index in [2.05, 4.69) is 10.0 Å². The summed E-state index contributed by atoms with van der Waals surface area (Å²) in [6.07, 6.45) is 0. The van der Waals surface area contributed by atoms with Gasteiger partial charge in [0.2, 0.25) is 4.33 Å². The number of hydrazone groups is 1. The fourth-order valence-electron chi connectivity index (χ4n) is 3.46. The minimum absolute atomic E-state index is 0.0122. The van der Waals surface area contributed by atoms with Crippen LogP contribution in [0.25, 0.3) is 0 Å². The number of hydrogen-bond acceptors (Lipinski definition) is 8. The highest BCUT2D eigenvalue weighted by atomic mass is 32.2. The Morgan fingerprint density at radius 2 is 1.60 bits per heavy atom. The van der Waals surface area contributed by atoms with Gasteiger partial charge in [-0.15, -0.1) is 0 Å². The zero-order chi connectivity index (χ0) is 21.5. The third kappa shape index (κ3) is 3.30. The van der Waals surface area contributed by atoms with Crippen LogP contribution >= 0.6 is 23.5 Å². The average Bonchev–Trinajstić information content (AvgIpc) is 3.27. The fourth-order valence-corrected chi connectivity index (χ4v) is 6.41. The summed E-state index contributed by atoms with van der Waals surface area (Å²) in [4.78, 5) is 27.5. The van der Waals surface area contributed by atoms with E-state index in [1.54, 1.807) is 14.0 Å². The highest BCUT2D eigenvalue weighted by Gasteiger charge is 2.57. The molecule has 0 saturated heterocycles. The van der Waals surface area contributed by atoms with E-state index in [0.717, 1.165) is 22.8 Å². The molecular weight excluding hydrogens is 418 g/mol.